The lowest BCUT2D eigenvalue weighted by Crippen LogP contribution is -2.24. The minimum absolute atomic E-state index is 0.0718. The van der Waals surface area contributed by atoms with Crippen molar-refractivity contribution in [1.29, 1.82) is 0 Å². The van der Waals surface area contributed by atoms with Gasteiger partial charge in [-0.1, -0.05) is 0 Å². The van der Waals surface area contributed by atoms with Crippen LogP contribution >= 0.6 is 11.3 Å². The highest BCUT2D eigenvalue weighted by Gasteiger charge is 2.27. The SMILES string of the molecule is CC(=O)N(C)Cc1nn(C)c2c1CN(Cc1ccsc1)C2. The molecular weight excluding hydrogens is 284 g/mol. The molecule has 0 bridgehead atoms. The molecule has 5 nitrogen and oxygen atoms in total. The van der Waals surface area contributed by atoms with E-state index in [4.69, 9.17) is 0 Å². The normalized spacial score (nSPS) is 14.4. The van der Waals surface area contributed by atoms with Gasteiger partial charge in [-0.15, -0.1) is 0 Å². The molecule has 0 radical (unpaired) electrons. The van der Waals surface area contributed by atoms with Gasteiger partial charge in [0.1, 0.15) is 0 Å². The summed E-state index contributed by atoms with van der Waals surface area (Å²) < 4.78 is 1.96. The molecule has 0 aliphatic carbocycles. The molecule has 0 unspecified atom stereocenters. The maximum Gasteiger partial charge on any atom is 0.219 e. The standard InChI is InChI=1S/C15H20N4OS/c1-11(20)17(2)8-14-13-7-19(6-12-4-5-21-10-12)9-15(13)18(3)16-14/h4-5,10H,6-9H2,1-3H3. The zero-order valence-corrected chi connectivity index (χ0v) is 13.5. The molecule has 3 heterocycles. The summed E-state index contributed by atoms with van der Waals surface area (Å²) in [7, 11) is 3.81. The molecule has 0 saturated carbocycles. The molecule has 0 saturated heterocycles. The van der Waals surface area contributed by atoms with E-state index in [1.54, 1.807) is 23.2 Å². The summed E-state index contributed by atoms with van der Waals surface area (Å²) >= 11 is 1.74. The van der Waals surface area contributed by atoms with Crippen LogP contribution in [0.4, 0.5) is 0 Å². The third kappa shape index (κ3) is 2.87. The Labute approximate surface area is 128 Å². The highest BCUT2D eigenvalue weighted by atomic mass is 32.1. The van der Waals surface area contributed by atoms with Gasteiger partial charge >= 0.3 is 0 Å². The van der Waals surface area contributed by atoms with Gasteiger partial charge in [-0.3, -0.25) is 14.4 Å². The Hall–Kier alpha value is -1.66. The van der Waals surface area contributed by atoms with Crippen LogP contribution in [0.25, 0.3) is 0 Å². The van der Waals surface area contributed by atoms with E-state index in [9.17, 15) is 4.79 Å². The largest absolute Gasteiger partial charge is 0.340 e. The van der Waals surface area contributed by atoms with E-state index < -0.39 is 0 Å². The fourth-order valence-electron chi connectivity index (χ4n) is 2.75. The van der Waals surface area contributed by atoms with Gasteiger partial charge in [0.2, 0.25) is 5.91 Å². The second-order valence-electron chi connectivity index (χ2n) is 5.65. The fourth-order valence-corrected chi connectivity index (χ4v) is 3.41. The Kier molecular flexibility index (Phi) is 3.82. The monoisotopic (exact) mass is 304 g/mol. The summed E-state index contributed by atoms with van der Waals surface area (Å²) in [6, 6.07) is 2.18. The van der Waals surface area contributed by atoms with E-state index in [0.717, 1.165) is 25.3 Å². The number of rotatable bonds is 4. The van der Waals surface area contributed by atoms with Gasteiger partial charge in [-0.25, -0.2) is 0 Å². The molecule has 3 rings (SSSR count). The smallest absolute Gasteiger partial charge is 0.219 e. The topological polar surface area (TPSA) is 41.4 Å². The summed E-state index contributed by atoms with van der Waals surface area (Å²) in [5.41, 5.74) is 4.96. The number of amides is 1. The van der Waals surface area contributed by atoms with Crippen molar-refractivity contribution in [2.24, 2.45) is 7.05 Å². The van der Waals surface area contributed by atoms with Crippen LogP contribution in [-0.2, 0) is 38.0 Å². The zero-order valence-electron chi connectivity index (χ0n) is 12.7. The highest BCUT2D eigenvalue weighted by molar-refractivity contribution is 7.07. The van der Waals surface area contributed by atoms with Crippen molar-refractivity contribution < 1.29 is 4.79 Å². The molecule has 21 heavy (non-hydrogen) atoms. The number of aryl methyl sites for hydroxylation is 1. The van der Waals surface area contributed by atoms with Gasteiger partial charge in [0.15, 0.2) is 0 Å². The molecule has 0 N–H and O–H groups in total. The predicted octanol–water partition coefficient (Wildman–Crippen LogP) is 1.98. The first-order valence-electron chi connectivity index (χ1n) is 7.03. The van der Waals surface area contributed by atoms with Crippen molar-refractivity contribution in [1.82, 2.24) is 19.6 Å². The van der Waals surface area contributed by atoms with Crippen LogP contribution in [0, 0.1) is 0 Å². The van der Waals surface area contributed by atoms with Crippen LogP contribution < -0.4 is 0 Å². The van der Waals surface area contributed by atoms with Crippen molar-refractivity contribution in [2.75, 3.05) is 7.05 Å². The van der Waals surface area contributed by atoms with Crippen molar-refractivity contribution >= 4 is 17.2 Å². The van der Waals surface area contributed by atoms with E-state index in [-0.39, 0.29) is 5.91 Å². The fraction of sp³-hybridized carbons (Fsp3) is 0.467. The molecule has 0 aromatic carbocycles. The second kappa shape index (κ2) is 5.61. The third-order valence-corrected chi connectivity index (χ3v) is 4.76. The molecular formula is C15H20N4OS. The number of carbonyl (C=O) groups excluding carboxylic acids is 1. The van der Waals surface area contributed by atoms with E-state index in [1.807, 2.05) is 18.8 Å². The second-order valence-corrected chi connectivity index (χ2v) is 6.43. The lowest BCUT2D eigenvalue weighted by Gasteiger charge is -2.16. The minimum Gasteiger partial charge on any atom is -0.340 e. The summed E-state index contributed by atoms with van der Waals surface area (Å²) in [4.78, 5) is 15.5. The van der Waals surface area contributed by atoms with Gasteiger partial charge in [-0.05, 0) is 22.4 Å². The quantitative estimate of drug-likeness (QED) is 0.867. The number of nitrogens with zero attached hydrogens (tertiary/aromatic N) is 4. The van der Waals surface area contributed by atoms with Crippen LogP contribution in [0.15, 0.2) is 16.8 Å². The molecule has 2 aromatic rings. The molecule has 2 aromatic heterocycles. The molecule has 1 aliphatic heterocycles. The van der Waals surface area contributed by atoms with E-state index >= 15 is 0 Å². The Bertz CT molecular complexity index is 647. The lowest BCUT2D eigenvalue weighted by atomic mass is 10.2. The number of carbonyl (C=O) groups is 1. The minimum atomic E-state index is 0.0718. The molecule has 112 valence electrons. The first-order chi connectivity index (χ1) is 10.0. The maximum atomic E-state index is 11.4. The number of thiophene rings is 1. The van der Waals surface area contributed by atoms with Crippen LogP contribution in [-0.4, -0.2) is 32.5 Å². The molecule has 0 fully saturated rings. The van der Waals surface area contributed by atoms with Crippen molar-refractivity contribution in [3.05, 3.63) is 39.3 Å². The molecule has 0 spiro atoms. The average molecular weight is 304 g/mol. The number of fused-ring (bicyclic) bond motifs is 1. The van der Waals surface area contributed by atoms with Gasteiger partial charge in [0, 0.05) is 46.2 Å². The summed E-state index contributed by atoms with van der Waals surface area (Å²) in [6.07, 6.45) is 0. The van der Waals surface area contributed by atoms with Crippen LogP contribution in [0.5, 0.6) is 0 Å². The first kappa shape index (κ1) is 14.3. The summed E-state index contributed by atoms with van der Waals surface area (Å²) in [5, 5.41) is 8.90. The lowest BCUT2D eigenvalue weighted by molar-refractivity contribution is -0.128. The third-order valence-electron chi connectivity index (χ3n) is 4.02. The average Bonchev–Trinajstić information content (AvgIpc) is 3.11. The van der Waals surface area contributed by atoms with Crippen LogP contribution in [0.3, 0.4) is 0 Å². The summed E-state index contributed by atoms with van der Waals surface area (Å²) in [5.74, 6) is 0.0718. The predicted molar refractivity (Wildman–Crippen MR) is 82.6 cm³/mol. The number of aromatic nitrogens is 2. The van der Waals surface area contributed by atoms with Crippen molar-refractivity contribution in [2.45, 2.75) is 33.1 Å². The highest BCUT2D eigenvalue weighted by Crippen LogP contribution is 2.27. The van der Waals surface area contributed by atoms with E-state index in [0.29, 0.717) is 6.54 Å². The van der Waals surface area contributed by atoms with Crippen LogP contribution in [0.1, 0.15) is 29.4 Å². The molecule has 6 heteroatoms. The Balaban J connectivity index is 1.75. The van der Waals surface area contributed by atoms with Crippen molar-refractivity contribution in [3.63, 3.8) is 0 Å². The zero-order chi connectivity index (χ0) is 15.0. The van der Waals surface area contributed by atoms with Gasteiger partial charge < -0.3 is 4.90 Å². The van der Waals surface area contributed by atoms with E-state index in [1.165, 1.54) is 16.8 Å². The molecule has 1 amide bonds. The van der Waals surface area contributed by atoms with Gasteiger partial charge in [0.25, 0.3) is 0 Å². The van der Waals surface area contributed by atoms with E-state index in [2.05, 4.69) is 26.8 Å². The molecule has 1 aliphatic rings. The number of hydrogen-bond acceptors (Lipinski definition) is 4. The maximum absolute atomic E-state index is 11.4. The summed E-state index contributed by atoms with van der Waals surface area (Å²) in [6.45, 7) is 5.00. The van der Waals surface area contributed by atoms with Gasteiger partial charge in [0.05, 0.1) is 17.9 Å². The van der Waals surface area contributed by atoms with Gasteiger partial charge in [-0.2, -0.15) is 16.4 Å². The van der Waals surface area contributed by atoms with Crippen LogP contribution in [0.2, 0.25) is 0 Å². The Morgan fingerprint density at radius 1 is 1.48 bits per heavy atom. The Morgan fingerprint density at radius 3 is 2.95 bits per heavy atom. The Morgan fingerprint density at radius 2 is 2.29 bits per heavy atom. The number of hydrogen-bond donors (Lipinski definition) is 0. The van der Waals surface area contributed by atoms with Crippen molar-refractivity contribution in [3.8, 4) is 0 Å². The molecule has 0 atom stereocenters. The first-order valence-corrected chi connectivity index (χ1v) is 7.97.